The van der Waals surface area contributed by atoms with Gasteiger partial charge in [-0.1, -0.05) is 59.1 Å². The van der Waals surface area contributed by atoms with Crippen molar-refractivity contribution in [2.75, 3.05) is 30.7 Å². The van der Waals surface area contributed by atoms with Crippen LogP contribution in [0.25, 0.3) is 32.4 Å². The molecule has 0 aliphatic carbocycles. The maximum absolute atomic E-state index is 13.7. The molecule has 1 aliphatic rings. The number of carbonyl (C=O) groups excluding carboxylic acids is 2. The Bertz CT molecular complexity index is 2220. The zero-order chi connectivity index (χ0) is 35.0. The number of ether oxygens (including phenoxy) is 4. The van der Waals surface area contributed by atoms with E-state index in [2.05, 4.69) is 5.32 Å². The van der Waals surface area contributed by atoms with Gasteiger partial charge >= 0.3 is 6.09 Å². The number of fused-ring (bicyclic) bond motifs is 6. The lowest BCUT2D eigenvalue weighted by atomic mass is 9.99. The molecule has 0 saturated heterocycles. The summed E-state index contributed by atoms with van der Waals surface area (Å²) in [5, 5.41) is 23.9. The summed E-state index contributed by atoms with van der Waals surface area (Å²) < 4.78 is 21.4. The van der Waals surface area contributed by atoms with E-state index in [1.165, 1.54) is 22.6 Å². The minimum Gasteiger partial charge on any atom is -0.478 e. The minimum atomic E-state index is -1.99. The van der Waals surface area contributed by atoms with E-state index in [4.69, 9.17) is 59.2 Å². The van der Waals surface area contributed by atoms with Gasteiger partial charge in [0.1, 0.15) is 5.75 Å². The molecule has 0 bridgehead atoms. The van der Waals surface area contributed by atoms with E-state index in [-0.39, 0.29) is 43.5 Å². The van der Waals surface area contributed by atoms with E-state index in [0.29, 0.717) is 44.7 Å². The molecule has 0 atom stereocenters. The molecule has 0 saturated carbocycles. The second-order valence-corrected chi connectivity index (χ2v) is 13.5. The minimum absolute atomic E-state index is 0.00870. The van der Waals surface area contributed by atoms with Gasteiger partial charge in [-0.2, -0.15) is 0 Å². The Morgan fingerprint density at radius 1 is 1.02 bits per heavy atom. The normalized spacial score (nSPS) is 12.4. The van der Waals surface area contributed by atoms with Crippen molar-refractivity contribution in [2.24, 2.45) is 7.05 Å². The van der Waals surface area contributed by atoms with Gasteiger partial charge in [-0.15, -0.1) is 0 Å². The van der Waals surface area contributed by atoms with E-state index in [0.717, 1.165) is 16.2 Å². The molecule has 6 rings (SSSR count). The zero-order valence-corrected chi connectivity index (χ0v) is 28.4. The number of anilines is 2. The molecule has 1 aliphatic heterocycles. The predicted molar refractivity (Wildman–Crippen MR) is 189 cm³/mol. The molecular weight excluding hydrogens is 699 g/mol. The molecule has 5 aromatic rings. The van der Waals surface area contributed by atoms with Crippen molar-refractivity contribution in [1.29, 1.82) is 5.41 Å². The SMILES string of the molecule is CN(C(=O)Oc1cc2c(=O)n(C)c3c4cc5c(cc4ccc3c2cc1CO)OCO5)c1ccccc1NC(=O)CCCOC(=N)C(Cl)(Cl)Cl. The van der Waals surface area contributed by atoms with E-state index in [1.54, 1.807) is 37.4 Å². The van der Waals surface area contributed by atoms with E-state index < -0.39 is 22.4 Å². The van der Waals surface area contributed by atoms with Gasteiger partial charge < -0.3 is 33.9 Å². The molecule has 4 aromatic carbocycles. The summed E-state index contributed by atoms with van der Waals surface area (Å²) >= 11 is 16.8. The fourth-order valence-corrected chi connectivity index (χ4v) is 5.80. The number of amides is 2. The summed E-state index contributed by atoms with van der Waals surface area (Å²) in [7, 11) is 3.13. The van der Waals surface area contributed by atoms with Crippen LogP contribution in [0, 0.1) is 5.41 Å². The number of aliphatic hydroxyl groups excluding tert-OH is 1. The average Bonchev–Trinajstić information content (AvgIpc) is 3.54. The summed E-state index contributed by atoms with van der Waals surface area (Å²) in [5.74, 6) is 0.299. The smallest absolute Gasteiger partial charge is 0.419 e. The van der Waals surface area contributed by atoms with E-state index in [9.17, 15) is 19.5 Å². The van der Waals surface area contributed by atoms with Gasteiger partial charge in [-0.05, 0) is 53.6 Å². The maximum Gasteiger partial charge on any atom is 0.419 e. The number of alkyl halides is 3. The Hall–Kier alpha value is -4.75. The summed E-state index contributed by atoms with van der Waals surface area (Å²) in [6.07, 6.45) is -0.567. The number of nitrogens with one attached hydrogen (secondary N) is 2. The van der Waals surface area contributed by atoms with Gasteiger partial charge in [0.15, 0.2) is 11.5 Å². The van der Waals surface area contributed by atoms with Crippen LogP contribution < -0.4 is 30.0 Å². The average molecular weight is 728 g/mol. The van der Waals surface area contributed by atoms with Gasteiger partial charge in [-0.3, -0.25) is 19.9 Å². The first-order valence-corrected chi connectivity index (χ1v) is 16.1. The third-order valence-corrected chi connectivity index (χ3v) is 8.59. The van der Waals surface area contributed by atoms with Crippen molar-refractivity contribution in [1.82, 2.24) is 4.57 Å². The van der Waals surface area contributed by atoms with Crippen molar-refractivity contribution >= 4 is 96.5 Å². The summed E-state index contributed by atoms with van der Waals surface area (Å²) in [6, 6.07) is 17.3. The van der Waals surface area contributed by atoms with Crippen LogP contribution in [0.2, 0.25) is 0 Å². The van der Waals surface area contributed by atoms with Gasteiger partial charge in [0.25, 0.3) is 9.35 Å². The monoisotopic (exact) mass is 726 g/mol. The van der Waals surface area contributed by atoms with E-state index in [1.807, 2.05) is 24.3 Å². The first kappa shape index (κ1) is 34.1. The van der Waals surface area contributed by atoms with Crippen LogP contribution in [-0.2, 0) is 23.2 Å². The van der Waals surface area contributed by atoms with Gasteiger partial charge in [0.2, 0.25) is 18.6 Å². The Balaban J connectivity index is 1.24. The number of aliphatic hydroxyl groups is 1. The molecule has 15 heteroatoms. The molecule has 254 valence electrons. The number of pyridine rings is 1. The highest BCUT2D eigenvalue weighted by Gasteiger charge is 2.28. The van der Waals surface area contributed by atoms with Crippen molar-refractivity contribution in [3.63, 3.8) is 0 Å². The second-order valence-electron chi connectivity index (χ2n) is 11.2. The molecule has 3 N–H and O–H groups in total. The number of aryl methyl sites for hydroxylation is 1. The number of hydrogen-bond acceptors (Lipinski definition) is 9. The lowest BCUT2D eigenvalue weighted by molar-refractivity contribution is -0.116. The lowest BCUT2D eigenvalue weighted by Crippen LogP contribution is -2.31. The molecule has 2 heterocycles. The second kappa shape index (κ2) is 13.6. The summed E-state index contributed by atoms with van der Waals surface area (Å²) in [6.45, 7) is -0.370. The number of carbonyl (C=O) groups is 2. The van der Waals surface area contributed by atoms with Crippen LogP contribution >= 0.6 is 34.8 Å². The zero-order valence-electron chi connectivity index (χ0n) is 26.1. The predicted octanol–water partition coefficient (Wildman–Crippen LogP) is 6.78. The molecule has 0 spiro atoms. The number of halogens is 3. The number of benzene rings is 4. The van der Waals surface area contributed by atoms with Crippen LogP contribution in [0.1, 0.15) is 18.4 Å². The lowest BCUT2D eigenvalue weighted by Gasteiger charge is -2.21. The third-order valence-electron chi connectivity index (χ3n) is 8.08. The summed E-state index contributed by atoms with van der Waals surface area (Å²) in [5.41, 5.74) is 1.30. The number of para-hydroxylation sites is 2. The quantitative estimate of drug-likeness (QED) is 0.0520. The van der Waals surface area contributed by atoms with Crippen molar-refractivity contribution in [3.8, 4) is 17.2 Å². The molecule has 0 fully saturated rings. The van der Waals surface area contributed by atoms with Gasteiger partial charge in [-0.25, -0.2) is 4.79 Å². The number of hydrogen-bond donors (Lipinski definition) is 3. The first-order chi connectivity index (χ1) is 23.4. The number of rotatable bonds is 8. The Labute approximate surface area is 294 Å². The number of aromatic nitrogens is 1. The molecular formula is C34H29Cl3N4O8. The summed E-state index contributed by atoms with van der Waals surface area (Å²) in [4.78, 5) is 41.1. The van der Waals surface area contributed by atoms with E-state index >= 15 is 0 Å². The van der Waals surface area contributed by atoms with Gasteiger partial charge in [0, 0.05) is 36.9 Å². The van der Waals surface area contributed by atoms with Crippen LogP contribution in [0.5, 0.6) is 17.2 Å². The van der Waals surface area contributed by atoms with Crippen molar-refractivity contribution in [3.05, 3.63) is 76.6 Å². The molecule has 1 aromatic heterocycles. The van der Waals surface area contributed by atoms with Crippen LogP contribution in [0.3, 0.4) is 0 Å². The maximum atomic E-state index is 13.7. The standard InChI is InChI=1S/C34H29Cl3N4O8/c1-40(25-7-4-3-6-24(25)39-29(43)8-5-11-46-32(38)34(35,36)37)33(45)49-26-15-23-22(12-19(26)16-42)20-10-9-18-13-27-28(48-17-47-27)14-21(18)30(20)41(2)31(23)44/h3-4,6-7,9-10,12-15,38,42H,5,8,11,16-17H2,1-2H3,(H,39,43). The number of nitrogens with zero attached hydrogens (tertiary/aromatic N) is 2. The van der Waals surface area contributed by atoms with Crippen LogP contribution in [-0.4, -0.2) is 51.8 Å². The van der Waals surface area contributed by atoms with Crippen LogP contribution in [0.15, 0.2) is 65.5 Å². The third kappa shape index (κ3) is 6.77. The Morgan fingerprint density at radius 3 is 2.49 bits per heavy atom. The highest BCUT2D eigenvalue weighted by molar-refractivity contribution is 6.76. The highest BCUT2D eigenvalue weighted by Crippen LogP contribution is 2.40. The topological polar surface area (TPSA) is 152 Å². The molecule has 0 unspecified atom stereocenters. The Kier molecular flexibility index (Phi) is 9.50. The van der Waals surface area contributed by atoms with Crippen molar-refractivity contribution < 1.29 is 33.6 Å². The van der Waals surface area contributed by atoms with Crippen LogP contribution in [0.4, 0.5) is 16.2 Å². The Morgan fingerprint density at radius 2 is 1.76 bits per heavy atom. The first-order valence-electron chi connectivity index (χ1n) is 14.9. The fourth-order valence-electron chi connectivity index (χ4n) is 5.64. The largest absolute Gasteiger partial charge is 0.478 e. The molecule has 2 amide bonds. The van der Waals surface area contributed by atoms with Crippen molar-refractivity contribution in [2.45, 2.75) is 23.2 Å². The van der Waals surface area contributed by atoms with Gasteiger partial charge in [0.05, 0.1) is 35.5 Å². The molecule has 12 nitrogen and oxygen atoms in total. The highest BCUT2D eigenvalue weighted by atomic mass is 35.6. The molecule has 0 radical (unpaired) electrons. The molecule has 49 heavy (non-hydrogen) atoms. The fraction of sp³-hybridized carbons (Fsp3) is 0.235.